The topological polar surface area (TPSA) is 44.1 Å². The second-order valence-electron chi connectivity index (χ2n) is 7.62. The van der Waals surface area contributed by atoms with Crippen molar-refractivity contribution in [1.82, 2.24) is 4.57 Å². The molecule has 2 aromatic rings. The predicted molar refractivity (Wildman–Crippen MR) is 120 cm³/mol. The Morgan fingerprint density at radius 3 is 2.25 bits per heavy atom. The van der Waals surface area contributed by atoms with Gasteiger partial charge in [0.2, 0.25) is 0 Å². The number of nitriles is 1. The summed E-state index contributed by atoms with van der Waals surface area (Å²) in [6.07, 6.45) is 3.98. The third-order valence-electron chi connectivity index (χ3n) is 4.25. The molecule has 0 saturated heterocycles. The third-order valence-corrected chi connectivity index (χ3v) is 8.54. The van der Waals surface area contributed by atoms with E-state index in [9.17, 15) is 4.79 Å². The average molecular weight is 456 g/mol. The van der Waals surface area contributed by atoms with Crippen molar-refractivity contribution in [3.05, 3.63) is 76.8 Å². The molecule has 0 aliphatic heterocycles. The Hall–Kier alpha value is -2.12. The Bertz CT molecular complexity index is 823. The molecule has 0 aliphatic carbocycles. The number of benzene rings is 2. The van der Waals surface area contributed by atoms with Gasteiger partial charge in [0.05, 0.1) is 0 Å². The molecule has 0 spiro atoms. The van der Waals surface area contributed by atoms with Gasteiger partial charge in [-0.05, 0) is 0 Å². The van der Waals surface area contributed by atoms with Crippen LogP contribution in [-0.2, 0) is 11.3 Å². The fourth-order valence-corrected chi connectivity index (χ4v) is 6.25. The van der Waals surface area contributed by atoms with E-state index in [1.165, 1.54) is 4.46 Å². The van der Waals surface area contributed by atoms with Crippen LogP contribution in [0.4, 0.5) is 0 Å². The van der Waals surface area contributed by atoms with E-state index in [1.54, 1.807) is 0 Å². The zero-order valence-electron chi connectivity index (χ0n) is 16.9. The zero-order chi connectivity index (χ0) is 20.4. The van der Waals surface area contributed by atoms with Gasteiger partial charge in [0.1, 0.15) is 0 Å². The number of carbonyl (C=O) groups is 1. The van der Waals surface area contributed by atoms with Crippen molar-refractivity contribution in [3.8, 4) is 6.07 Å². The standard InChI is InChI=1S/C23H28N2OSeSi/c1-28(2,3)25(19-20-12-6-4-7-13-20)23(26)18-22(16-10-11-17-24)27-21-14-8-5-9-15-21/h4-9,12-15,18H,10-11,16,19H2,1-3H3/b22-18-. The first-order valence-electron chi connectivity index (χ1n) is 9.56. The minimum atomic E-state index is -1.84. The van der Waals surface area contributed by atoms with E-state index >= 15 is 0 Å². The summed E-state index contributed by atoms with van der Waals surface area (Å²) in [7, 11) is -1.84. The van der Waals surface area contributed by atoms with Crippen LogP contribution in [0, 0.1) is 11.3 Å². The quantitative estimate of drug-likeness (QED) is 0.318. The van der Waals surface area contributed by atoms with Crippen LogP contribution in [0.1, 0.15) is 24.8 Å². The summed E-state index contributed by atoms with van der Waals surface area (Å²) in [6.45, 7) is 7.27. The molecule has 0 fully saturated rings. The normalized spacial score (nSPS) is 11.7. The summed E-state index contributed by atoms with van der Waals surface area (Å²) >= 11 is 0.101. The molecule has 28 heavy (non-hydrogen) atoms. The van der Waals surface area contributed by atoms with Gasteiger partial charge < -0.3 is 0 Å². The number of hydrogen-bond donors (Lipinski definition) is 0. The van der Waals surface area contributed by atoms with Crippen molar-refractivity contribution >= 4 is 33.6 Å². The van der Waals surface area contributed by atoms with E-state index in [2.05, 4.69) is 54.5 Å². The average Bonchev–Trinajstić information content (AvgIpc) is 2.67. The fraction of sp³-hybridized carbons (Fsp3) is 0.304. The molecule has 0 unspecified atom stereocenters. The summed E-state index contributed by atoms with van der Waals surface area (Å²) < 4.78 is 4.48. The van der Waals surface area contributed by atoms with Crippen LogP contribution >= 0.6 is 0 Å². The van der Waals surface area contributed by atoms with Crippen LogP contribution in [0.2, 0.25) is 19.6 Å². The number of hydrogen-bond acceptors (Lipinski definition) is 2. The monoisotopic (exact) mass is 456 g/mol. The predicted octanol–water partition coefficient (Wildman–Crippen LogP) is 4.46. The second kappa shape index (κ2) is 11.0. The number of allylic oxidation sites excluding steroid dienone is 1. The Kier molecular flexibility index (Phi) is 8.72. The van der Waals surface area contributed by atoms with Crippen molar-refractivity contribution < 1.29 is 4.79 Å². The van der Waals surface area contributed by atoms with E-state index in [1.807, 2.05) is 42.5 Å². The van der Waals surface area contributed by atoms with E-state index in [0.717, 1.165) is 22.9 Å². The van der Waals surface area contributed by atoms with Crippen molar-refractivity contribution in [2.24, 2.45) is 0 Å². The molecule has 3 nitrogen and oxygen atoms in total. The maximum absolute atomic E-state index is 13.3. The molecule has 146 valence electrons. The molecule has 5 heteroatoms. The van der Waals surface area contributed by atoms with Crippen LogP contribution < -0.4 is 4.46 Å². The number of carbonyl (C=O) groups excluding carboxylic acids is 1. The number of amides is 1. The van der Waals surface area contributed by atoms with Gasteiger partial charge in [-0.1, -0.05) is 0 Å². The summed E-state index contributed by atoms with van der Waals surface area (Å²) in [4.78, 5) is 13.3. The van der Waals surface area contributed by atoms with Crippen LogP contribution in [0.5, 0.6) is 0 Å². The number of rotatable bonds is 9. The molecule has 0 bridgehead atoms. The molecule has 0 N–H and O–H groups in total. The number of nitrogens with zero attached hydrogens (tertiary/aromatic N) is 2. The SMILES string of the molecule is C[Si](C)(C)N(Cc1ccccc1)C(=O)/C=C(/CCCC#N)[Se]c1ccccc1. The van der Waals surface area contributed by atoms with Gasteiger partial charge in [-0.15, -0.1) is 0 Å². The van der Waals surface area contributed by atoms with Crippen LogP contribution in [0.15, 0.2) is 71.2 Å². The Morgan fingerprint density at radius 1 is 1.07 bits per heavy atom. The molecule has 0 atom stereocenters. The molecule has 0 aromatic heterocycles. The number of unbranched alkanes of at least 4 members (excludes halogenated alkanes) is 1. The Balaban J connectivity index is 2.23. The van der Waals surface area contributed by atoms with Gasteiger partial charge in [0, 0.05) is 0 Å². The molecule has 2 aromatic carbocycles. The first-order valence-corrected chi connectivity index (χ1v) is 14.7. The van der Waals surface area contributed by atoms with E-state index in [-0.39, 0.29) is 20.9 Å². The van der Waals surface area contributed by atoms with Gasteiger partial charge >= 0.3 is 176 Å². The fourth-order valence-electron chi connectivity index (χ4n) is 2.76. The van der Waals surface area contributed by atoms with Gasteiger partial charge in [0.15, 0.2) is 0 Å². The van der Waals surface area contributed by atoms with Gasteiger partial charge in [-0.25, -0.2) is 0 Å². The van der Waals surface area contributed by atoms with Crippen molar-refractivity contribution in [3.63, 3.8) is 0 Å². The summed E-state index contributed by atoms with van der Waals surface area (Å²) in [5.74, 6) is 0.104. The molecule has 2 rings (SSSR count). The summed E-state index contributed by atoms with van der Waals surface area (Å²) in [5.41, 5.74) is 1.16. The van der Waals surface area contributed by atoms with E-state index < -0.39 is 8.24 Å². The molecule has 0 radical (unpaired) electrons. The molecule has 1 amide bonds. The van der Waals surface area contributed by atoms with Gasteiger partial charge in [-0.3, -0.25) is 0 Å². The van der Waals surface area contributed by atoms with Crippen LogP contribution in [-0.4, -0.2) is 33.7 Å². The second-order valence-corrected chi connectivity index (χ2v) is 15.0. The molecule has 0 aliphatic rings. The molecule has 0 heterocycles. The third kappa shape index (κ3) is 7.48. The van der Waals surface area contributed by atoms with E-state index in [0.29, 0.717) is 13.0 Å². The first-order chi connectivity index (χ1) is 13.4. The van der Waals surface area contributed by atoms with Crippen LogP contribution in [0.25, 0.3) is 0 Å². The minimum absolute atomic E-state index is 0.101. The van der Waals surface area contributed by atoms with Crippen LogP contribution in [0.3, 0.4) is 0 Å². The van der Waals surface area contributed by atoms with E-state index in [4.69, 9.17) is 5.26 Å². The Morgan fingerprint density at radius 2 is 1.68 bits per heavy atom. The van der Waals surface area contributed by atoms with Crippen molar-refractivity contribution in [1.29, 1.82) is 5.26 Å². The van der Waals surface area contributed by atoms with Crippen molar-refractivity contribution in [2.75, 3.05) is 0 Å². The zero-order valence-corrected chi connectivity index (χ0v) is 19.6. The Labute approximate surface area is 176 Å². The summed E-state index contributed by atoms with van der Waals surface area (Å²) in [6, 6.07) is 22.7. The van der Waals surface area contributed by atoms with Gasteiger partial charge in [0.25, 0.3) is 0 Å². The first kappa shape index (κ1) is 22.2. The molecule has 0 saturated carbocycles. The maximum atomic E-state index is 13.3. The van der Waals surface area contributed by atoms with Gasteiger partial charge in [-0.2, -0.15) is 0 Å². The molecular formula is C23H28N2OSeSi. The van der Waals surface area contributed by atoms with Crippen molar-refractivity contribution in [2.45, 2.75) is 45.4 Å². The summed E-state index contributed by atoms with van der Waals surface area (Å²) in [5, 5.41) is 8.88. The molecular weight excluding hydrogens is 427 g/mol.